The summed E-state index contributed by atoms with van der Waals surface area (Å²) >= 11 is 3.96. The molecule has 1 heterocycles. The molecule has 0 aliphatic heterocycles. The monoisotopic (exact) mass is 365 g/mol. The first-order chi connectivity index (χ1) is 9.32. The summed E-state index contributed by atoms with van der Waals surface area (Å²) in [5, 5.41) is -0.878. The van der Waals surface area contributed by atoms with Crippen LogP contribution in [-0.2, 0) is 6.18 Å². The Morgan fingerprint density at radius 3 is 2.65 bits per heavy atom. The van der Waals surface area contributed by atoms with E-state index in [0.717, 1.165) is 15.6 Å². The van der Waals surface area contributed by atoms with Gasteiger partial charge in [0.25, 0.3) is 0 Å². The highest BCUT2D eigenvalue weighted by Gasteiger charge is 2.35. The Hall–Kier alpha value is -0.960. The molecule has 3 N–H and O–H groups in total. The first kappa shape index (κ1) is 15.4. The van der Waals surface area contributed by atoms with Crippen LogP contribution in [0.1, 0.15) is 27.1 Å². The van der Waals surface area contributed by atoms with Gasteiger partial charge >= 0.3 is 6.18 Å². The number of aryl methyl sites for hydroxylation is 1. The predicted octanol–water partition coefficient (Wildman–Crippen LogP) is 3.79. The fourth-order valence-corrected chi connectivity index (χ4v) is 3.10. The minimum atomic E-state index is -4.44. The van der Waals surface area contributed by atoms with Crippen molar-refractivity contribution in [1.82, 2.24) is 10.4 Å². The molecule has 0 aliphatic carbocycles. The van der Waals surface area contributed by atoms with Crippen molar-refractivity contribution in [2.24, 2.45) is 5.84 Å². The van der Waals surface area contributed by atoms with Crippen LogP contribution >= 0.6 is 27.3 Å². The number of aromatic nitrogens is 1. The van der Waals surface area contributed by atoms with Gasteiger partial charge in [0, 0.05) is 15.5 Å². The topological polar surface area (TPSA) is 50.9 Å². The van der Waals surface area contributed by atoms with E-state index in [1.54, 1.807) is 0 Å². The van der Waals surface area contributed by atoms with Crippen molar-refractivity contribution in [3.8, 4) is 0 Å². The largest absolute Gasteiger partial charge is 0.443 e. The van der Waals surface area contributed by atoms with E-state index in [9.17, 15) is 13.2 Å². The van der Waals surface area contributed by atoms with Crippen molar-refractivity contribution in [1.29, 1.82) is 0 Å². The molecule has 0 spiro atoms. The summed E-state index contributed by atoms with van der Waals surface area (Å²) in [6, 6.07) is 5.05. The summed E-state index contributed by atoms with van der Waals surface area (Å²) in [5.41, 5.74) is 4.30. The van der Waals surface area contributed by atoms with Crippen LogP contribution in [0.25, 0.3) is 0 Å². The van der Waals surface area contributed by atoms with Gasteiger partial charge in [0.15, 0.2) is 5.01 Å². The third-order valence-electron chi connectivity index (χ3n) is 2.68. The number of hydrazine groups is 1. The van der Waals surface area contributed by atoms with Gasteiger partial charge in [0.1, 0.15) is 0 Å². The zero-order valence-corrected chi connectivity index (χ0v) is 12.7. The molecule has 1 aromatic heterocycles. The molecule has 0 radical (unpaired) electrons. The molecule has 0 bridgehead atoms. The van der Waals surface area contributed by atoms with Crippen molar-refractivity contribution in [2.75, 3.05) is 0 Å². The quantitative estimate of drug-likeness (QED) is 0.642. The van der Waals surface area contributed by atoms with Crippen LogP contribution in [0.4, 0.5) is 13.2 Å². The Morgan fingerprint density at radius 2 is 2.10 bits per heavy atom. The van der Waals surface area contributed by atoms with Crippen molar-refractivity contribution in [3.05, 3.63) is 49.9 Å². The molecular weight excluding hydrogens is 355 g/mol. The number of thiazole rings is 1. The molecule has 0 amide bonds. The van der Waals surface area contributed by atoms with Gasteiger partial charge in [0.05, 0.1) is 6.04 Å². The fraction of sp³-hybridized carbons (Fsp3) is 0.250. The van der Waals surface area contributed by atoms with Gasteiger partial charge in [-0.3, -0.25) is 5.84 Å². The highest BCUT2D eigenvalue weighted by Crippen LogP contribution is 2.37. The second kappa shape index (κ2) is 5.80. The lowest BCUT2D eigenvalue weighted by atomic mass is 10.0. The maximum absolute atomic E-state index is 12.6. The van der Waals surface area contributed by atoms with Crippen LogP contribution in [-0.4, -0.2) is 4.98 Å². The van der Waals surface area contributed by atoms with Gasteiger partial charge in [-0.2, -0.15) is 13.2 Å². The molecule has 0 saturated carbocycles. The lowest BCUT2D eigenvalue weighted by Crippen LogP contribution is -2.28. The second-order valence-electron chi connectivity index (χ2n) is 4.19. The molecular formula is C12H11BrF3N3S. The maximum Gasteiger partial charge on any atom is 0.443 e. The molecule has 108 valence electrons. The smallest absolute Gasteiger partial charge is 0.271 e. The Kier molecular flexibility index (Phi) is 4.48. The molecule has 1 atom stereocenters. The number of hydrogen-bond donors (Lipinski definition) is 2. The molecule has 8 heteroatoms. The number of rotatable bonds is 3. The van der Waals surface area contributed by atoms with Gasteiger partial charge in [0.2, 0.25) is 0 Å². The number of nitrogens with two attached hydrogens (primary N) is 1. The predicted molar refractivity (Wildman–Crippen MR) is 75.2 cm³/mol. The molecule has 3 nitrogen and oxygen atoms in total. The molecule has 2 aromatic rings. The van der Waals surface area contributed by atoms with E-state index in [1.807, 2.05) is 25.1 Å². The van der Waals surface area contributed by atoms with Gasteiger partial charge in [-0.1, -0.05) is 33.6 Å². The molecule has 20 heavy (non-hydrogen) atoms. The van der Waals surface area contributed by atoms with Crippen LogP contribution in [0.2, 0.25) is 0 Å². The number of nitrogens with zero attached hydrogens (tertiary/aromatic N) is 1. The summed E-state index contributed by atoms with van der Waals surface area (Å²) < 4.78 is 38.6. The first-order valence-corrected chi connectivity index (χ1v) is 7.19. The summed E-state index contributed by atoms with van der Waals surface area (Å²) in [6.45, 7) is 1.90. The molecule has 0 aliphatic rings. The Morgan fingerprint density at radius 1 is 1.40 bits per heavy atom. The van der Waals surface area contributed by atoms with Crippen LogP contribution in [0.3, 0.4) is 0 Å². The van der Waals surface area contributed by atoms with E-state index in [4.69, 9.17) is 5.84 Å². The van der Waals surface area contributed by atoms with Crippen molar-refractivity contribution < 1.29 is 13.2 Å². The molecule has 0 fully saturated rings. The number of nitrogens with one attached hydrogen (secondary N) is 1. The molecule has 1 unspecified atom stereocenters. The van der Waals surface area contributed by atoms with Crippen LogP contribution < -0.4 is 11.3 Å². The SMILES string of the molecule is Cc1ccc(Br)c(C(NN)c2cnc(C(F)(F)F)s2)c1. The van der Waals surface area contributed by atoms with Crippen molar-refractivity contribution in [2.45, 2.75) is 19.1 Å². The second-order valence-corrected chi connectivity index (χ2v) is 6.11. The Bertz CT molecular complexity index is 612. The van der Waals surface area contributed by atoms with E-state index in [0.29, 0.717) is 16.2 Å². The van der Waals surface area contributed by atoms with Crippen LogP contribution in [0.5, 0.6) is 0 Å². The van der Waals surface area contributed by atoms with Crippen molar-refractivity contribution in [3.63, 3.8) is 0 Å². The third-order valence-corrected chi connectivity index (χ3v) is 4.51. The van der Waals surface area contributed by atoms with Gasteiger partial charge in [-0.15, -0.1) is 11.3 Å². The average molecular weight is 366 g/mol. The van der Waals surface area contributed by atoms with E-state index < -0.39 is 17.2 Å². The minimum absolute atomic E-state index is 0.408. The number of benzene rings is 1. The number of hydrogen-bond acceptors (Lipinski definition) is 4. The third kappa shape index (κ3) is 3.20. The first-order valence-electron chi connectivity index (χ1n) is 5.58. The lowest BCUT2D eigenvalue weighted by molar-refractivity contribution is -0.137. The van der Waals surface area contributed by atoms with Gasteiger partial charge in [-0.25, -0.2) is 10.4 Å². The Balaban J connectivity index is 2.42. The zero-order valence-electron chi connectivity index (χ0n) is 10.3. The van der Waals surface area contributed by atoms with Gasteiger partial charge in [-0.05, 0) is 18.6 Å². The molecule has 1 aromatic carbocycles. The standard InChI is InChI=1S/C12H11BrF3N3S/c1-6-2-3-8(13)7(4-6)10(19-17)9-5-18-11(20-9)12(14,15)16/h2-5,10,19H,17H2,1H3. The summed E-state index contributed by atoms with van der Waals surface area (Å²) in [4.78, 5) is 3.83. The zero-order chi connectivity index (χ0) is 14.9. The maximum atomic E-state index is 12.6. The summed E-state index contributed by atoms with van der Waals surface area (Å²) in [6.07, 6.45) is -3.24. The van der Waals surface area contributed by atoms with Crippen LogP contribution in [0, 0.1) is 6.92 Å². The van der Waals surface area contributed by atoms with Crippen LogP contribution in [0.15, 0.2) is 28.9 Å². The fourth-order valence-electron chi connectivity index (χ4n) is 1.76. The lowest BCUT2D eigenvalue weighted by Gasteiger charge is -2.16. The average Bonchev–Trinajstić information content (AvgIpc) is 2.84. The van der Waals surface area contributed by atoms with E-state index >= 15 is 0 Å². The molecule has 2 rings (SSSR count). The summed E-state index contributed by atoms with van der Waals surface area (Å²) in [5.74, 6) is 5.50. The number of alkyl halides is 3. The van der Waals surface area contributed by atoms with Crippen molar-refractivity contribution >= 4 is 27.3 Å². The summed E-state index contributed by atoms with van der Waals surface area (Å²) in [7, 11) is 0. The number of halogens is 4. The highest BCUT2D eigenvalue weighted by atomic mass is 79.9. The minimum Gasteiger partial charge on any atom is -0.271 e. The Labute approximate surface area is 126 Å². The normalized spacial score (nSPS) is 13.5. The van der Waals surface area contributed by atoms with Gasteiger partial charge < -0.3 is 0 Å². The highest BCUT2D eigenvalue weighted by molar-refractivity contribution is 9.10. The molecule has 0 saturated heterocycles. The van der Waals surface area contributed by atoms with E-state index in [-0.39, 0.29) is 0 Å². The van der Waals surface area contributed by atoms with E-state index in [1.165, 1.54) is 6.20 Å². The van der Waals surface area contributed by atoms with E-state index in [2.05, 4.69) is 26.3 Å².